The minimum Gasteiger partial charge on any atom is -0.508 e. The third-order valence-electron chi connectivity index (χ3n) is 7.43. The average Bonchev–Trinajstić information content (AvgIpc) is 2.76. The van der Waals surface area contributed by atoms with Gasteiger partial charge in [0.05, 0.1) is 0 Å². The summed E-state index contributed by atoms with van der Waals surface area (Å²) in [5.74, 6) is 0.735. The van der Waals surface area contributed by atoms with E-state index in [-0.39, 0.29) is 11.7 Å². The van der Waals surface area contributed by atoms with Gasteiger partial charge < -0.3 is 19.3 Å². The molecule has 2 aliphatic rings. The molecule has 1 N–H and O–H groups in total. The third-order valence-corrected chi connectivity index (χ3v) is 7.43. The summed E-state index contributed by atoms with van der Waals surface area (Å²) in [4.78, 5) is 30.0. The molecule has 0 radical (unpaired) electrons. The van der Waals surface area contributed by atoms with Crippen LogP contribution >= 0.6 is 0 Å². The molecular weight excluding hydrogens is 392 g/mol. The second-order valence-electron chi connectivity index (χ2n) is 9.36. The lowest BCUT2D eigenvalue weighted by Gasteiger charge is -2.45. The first-order valence-corrected chi connectivity index (χ1v) is 11.6. The van der Waals surface area contributed by atoms with Crippen molar-refractivity contribution in [2.45, 2.75) is 64.8 Å². The molecule has 2 aliphatic heterocycles. The Morgan fingerprint density at radius 1 is 1.16 bits per heavy atom. The van der Waals surface area contributed by atoms with E-state index < -0.39 is 5.63 Å². The molecule has 3 heterocycles. The average molecular weight is 427 g/mol. The van der Waals surface area contributed by atoms with Gasteiger partial charge in [0, 0.05) is 42.6 Å². The number of hydrogen-bond donors (Lipinski definition) is 1. The highest BCUT2D eigenvalue weighted by Gasteiger charge is 2.34. The molecule has 6 nitrogen and oxygen atoms in total. The number of carbonyl (C=O) groups excluding carboxylic acids is 1. The summed E-state index contributed by atoms with van der Waals surface area (Å²) >= 11 is 0. The summed E-state index contributed by atoms with van der Waals surface area (Å²) in [5.41, 5.74) is 1.94. The number of aromatic hydroxyl groups is 1. The number of carbonyl (C=O) groups is 1. The maximum Gasteiger partial charge on any atom is 0.339 e. The van der Waals surface area contributed by atoms with Gasteiger partial charge in [-0.15, -0.1) is 0 Å². The largest absolute Gasteiger partial charge is 0.508 e. The fraction of sp³-hybridized carbons (Fsp3) is 0.600. The Hall–Kier alpha value is -2.34. The minimum atomic E-state index is -0.417. The number of fused-ring (bicyclic) bond motifs is 2. The van der Waals surface area contributed by atoms with Crippen LogP contribution in [0.15, 0.2) is 21.3 Å². The van der Waals surface area contributed by atoms with Crippen LogP contribution in [0.2, 0.25) is 0 Å². The molecule has 1 aromatic heterocycles. The van der Waals surface area contributed by atoms with Gasteiger partial charge >= 0.3 is 5.63 Å². The fourth-order valence-corrected chi connectivity index (χ4v) is 5.53. The summed E-state index contributed by atoms with van der Waals surface area (Å²) in [6, 6.07) is 4.01. The number of piperidine rings is 2. The number of hydrogen-bond acceptors (Lipinski definition) is 5. The zero-order valence-corrected chi connectivity index (χ0v) is 18.9. The van der Waals surface area contributed by atoms with Crippen LogP contribution in [-0.4, -0.2) is 53.5 Å². The van der Waals surface area contributed by atoms with Crippen molar-refractivity contribution in [3.05, 3.63) is 39.2 Å². The lowest BCUT2D eigenvalue weighted by molar-refractivity contribution is -0.131. The molecule has 2 fully saturated rings. The van der Waals surface area contributed by atoms with Gasteiger partial charge in [-0.2, -0.15) is 0 Å². The first-order chi connectivity index (χ1) is 14.9. The molecular formula is C25H34N2O4. The number of nitrogens with zero attached hydrogens (tertiary/aromatic N) is 2. The molecule has 31 heavy (non-hydrogen) atoms. The molecule has 4 rings (SSSR count). The van der Waals surface area contributed by atoms with Crippen LogP contribution in [0.1, 0.15) is 55.2 Å². The molecule has 2 atom stereocenters. The molecule has 1 aromatic carbocycles. The van der Waals surface area contributed by atoms with E-state index in [4.69, 9.17) is 4.42 Å². The number of rotatable bonds is 5. The minimum absolute atomic E-state index is 0.0775. The van der Waals surface area contributed by atoms with E-state index in [1.165, 1.54) is 45.2 Å². The number of amides is 1. The molecule has 0 unspecified atom stereocenters. The summed E-state index contributed by atoms with van der Waals surface area (Å²) in [6.45, 7) is 6.82. The van der Waals surface area contributed by atoms with E-state index >= 15 is 0 Å². The van der Waals surface area contributed by atoms with E-state index in [2.05, 4.69) is 4.90 Å². The Kier molecular flexibility index (Phi) is 6.37. The first kappa shape index (κ1) is 21.9. The second kappa shape index (κ2) is 9.03. The quantitative estimate of drug-likeness (QED) is 0.737. The summed E-state index contributed by atoms with van der Waals surface area (Å²) in [6.07, 6.45) is 6.92. The van der Waals surface area contributed by atoms with Crippen LogP contribution in [-0.2, 0) is 11.2 Å². The zero-order chi connectivity index (χ0) is 22.1. The molecule has 0 aliphatic carbocycles. The summed E-state index contributed by atoms with van der Waals surface area (Å²) < 4.78 is 5.51. The predicted octanol–water partition coefficient (Wildman–Crippen LogP) is 3.77. The van der Waals surface area contributed by atoms with Crippen molar-refractivity contribution in [3.8, 4) is 5.75 Å². The standard InChI is InChI=1S/C25H34N2O4/c1-16-19-9-11-22(28)17(2)24(19)31-25(30)20(16)10-12-23(29)26(3)15-18-7-6-14-27-13-5-4-8-21(18)27/h9,11,18,21,28H,4-8,10,12-15H2,1-3H3/t18-,21+/m1/s1. The van der Waals surface area contributed by atoms with Gasteiger partial charge in [0.1, 0.15) is 11.3 Å². The Morgan fingerprint density at radius 2 is 1.94 bits per heavy atom. The lowest BCUT2D eigenvalue weighted by Crippen LogP contribution is -2.51. The van der Waals surface area contributed by atoms with Gasteiger partial charge in [-0.05, 0) is 82.7 Å². The van der Waals surface area contributed by atoms with Crippen molar-refractivity contribution in [1.82, 2.24) is 9.80 Å². The summed E-state index contributed by atoms with van der Waals surface area (Å²) in [5, 5.41) is 10.7. The van der Waals surface area contributed by atoms with Crippen LogP contribution in [0, 0.1) is 19.8 Å². The van der Waals surface area contributed by atoms with Crippen LogP contribution in [0.5, 0.6) is 5.75 Å². The summed E-state index contributed by atoms with van der Waals surface area (Å²) in [7, 11) is 1.89. The van der Waals surface area contributed by atoms with Crippen molar-refractivity contribution in [3.63, 3.8) is 0 Å². The van der Waals surface area contributed by atoms with Crippen LogP contribution in [0.25, 0.3) is 11.0 Å². The molecule has 2 aromatic rings. The normalized spacial score (nSPS) is 21.8. The molecule has 168 valence electrons. The SMILES string of the molecule is Cc1c(CCC(=O)N(C)C[C@H]2CCCN3CCCC[C@@H]23)c(=O)oc2c(C)c(O)ccc12. The zero-order valence-electron chi connectivity index (χ0n) is 18.9. The van der Waals surface area contributed by atoms with Gasteiger partial charge in [-0.3, -0.25) is 4.79 Å². The first-order valence-electron chi connectivity index (χ1n) is 11.6. The highest BCUT2D eigenvalue weighted by Crippen LogP contribution is 2.32. The van der Waals surface area contributed by atoms with E-state index in [1.54, 1.807) is 19.1 Å². The third kappa shape index (κ3) is 4.36. The monoisotopic (exact) mass is 426 g/mol. The number of benzene rings is 1. The lowest BCUT2D eigenvalue weighted by atomic mass is 9.83. The molecule has 6 heteroatoms. The molecule has 0 bridgehead atoms. The van der Waals surface area contributed by atoms with Gasteiger partial charge in [-0.1, -0.05) is 6.42 Å². The van der Waals surface area contributed by atoms with Crippen LogP contribution in [0.3, 0.4) is 0 Å². The molecule has 0 saturated carbocycles. The predicted molar refractivity (Wildman–Crippen MR) is 122 cm³/mol. The van der Waals surface area contributed by atoms with Crippen molar-refractivity contribution in [2.75, 3.05) is 26.7 Å². The maximum atomic E-state index is 12.9. The van der Waals surface area contributed by atoms with E-state index in [0.29, 0.717) is 41.5 Å². The van der Waals surface area contributed by atoms with E-state index in [0.717, 1.165) is 17.5 Å². The molecule has 2 saturated heterocycles. The topological polar surface area (TPSA) is 74.0 Å². The van der Waals surface area contributed by atoms with Crippen LogP contribution < -0.4 is 5.63 Å². The van der Waals surface area contributed by atoms with Gasteiger partial charge in [0.15, 0.2) is 0 Å². The fourth-order valence-electron chi connectivity index (χ4n) is 5.53. The van der Waals surface area contributed by atoms with Crippen molar-refractivity contribution < 1.29 is 14.3 Å². The smallest absolute Gasteiger partial charge is 0.339 e. The van der Waals surface area contributed by atoms with Crippen LogP contribution in [0.4, 0.5) is 0 Å². The molecule has 0 spiro atoms. The highest BCUT2D eigenvalue weighted by atomic mass is 16.4. The Labute approximate surface area is 183 Å². The van der Waals surface area contributed by atoms with E-state index in [1.807, 2.05) is 18.9 Å². The number of phenolic OH excluding ortho intramolecular Hbond substituents is 1. The van der Waals surface area contributed by atoms with Crippen molar-refractivity contribution in [2.24, 2.45) is 5.92 Å². The number of phenols is 1. The maximum absolute atomic E-state index is 12.9. The van der Waals surface area contributed by atoms with Gasteiger partial charge in [0.2, 0.25) is 5.91 Å². The van der Waals surface area contributed by atoms with Gasteiger partial charge in [-0.25, -0.2) is 4.79 Å². The molecule has 1 amide bonds. The van der Waals surface area contributed by atoms with E-state index in [9.17, 15) is 14.7 Å². The van der Waals surface area contributed by atoms with Crippen molar-refractivity contribution in [1.29, 1.82) is 0 Å². The Morgan fingerprint density at radius 3 is 2.74 bits per heavy atom. The second-order valence-corrected chi connectivity index (χ2v) is 9.36. The number of aryl methyl sites for hydroxylation is 2. The highest BCUT2D eigenvalue weighted by molar-refractivity contribution is 5.85. The van der Waals surface area contributed by atoms with Crippen molar-refractivity contribution >= 4 is 16.9 Å². The Balaban J connectivity index is 1.43. The Bertz CT molecular complexity index is 1030. The van der Waals surface area contributed by atoms with Gasteiger partial charge in [0.25, 0.3) is 0 Å².